The van der Waals surface area contributed by atoms with Gasteiger partial charge in [0.1, 0.15) is 5.78 Å². The van der Waals surface area contributed by atoms with Crippen LogP contribution in [0.1, 0.15) is 56.7 Å². The second-order valence-corrected chi connectivity index (χ2v) is 9.54. The summed E-state index contributed by atoms with van der Waals surface area (Å²) in [5, 5.41) is 2.60. The number of rotatable bonds is 0. The highest BCUT2D eigenvalue weighted by molar-refractivity contribution is 5.93. The lowest BCUT2D eigenvalue weighted by Crippen LogP contribution is -2.42. The number of hydrogen-bond donors (Lipinski definition) is 0. The van der Waals surface area contributed by atoms with Gasteiger partial charge >= 0.3 is 0 Å². The minimum absolute atomic E-state index is 0.0770. The van der Waals surface area contributed by atoms with E-state index < -0.39 is 0 Å². The maximum Gasteiger partial charge on any atom is 0.144 e. The molecule has 0 aliphatic heterocycles. The van der Waals surface area contributed by atoms with Gasteiger partial charge in [-0.2, -0.15) is 0 Å². The maximum absolute atomic E-state index is 13.1. The van der Waals surface area contributed by atoms with Crippen molar-refractivity contribution in [2.24, 2.45) is 11.3 Å². The minimum atomic E-state index is -0.0770. The molecule has 25 heavy (non-hydrogen) atoms. The van der Waals surface area contributed by atoms with E-state index in [1.807, 2.05) is 0 Å². The summed E-state index contributed by atoms with van der Waals surface area (Å²) >= 11 is 0. The topological polar surface area (TPSA) is 17.1 Å². The molecule has 2 aromatic carbocycles. The molecule has 0 radical (unpaired) electrons. The monoisotopic (exact) mass is 330 g/mol. The number of hydrogen-bond acceptors (Lipinski definition) is 1. The second-order valence-electron chi connectivity index (χ2n) is 9.54. The molecule has 0 amide bonds. The molecular formula is C24H26O. The molecule has 1 fully saturated rings. The Hall–Kier alpha value is -1.89. The van der Waals surface area contributed by atoms with Crippen LogP contribution in [0, 0.1) is 11.3 Å². The minimum Gasteiger partial charge on any atom is -0.299 e. The van der Waals surface area contributed by atoms with Gasteiger partial charge in [-0.25, -0.2) is 0 Å². The molecule has 2 unspecified atom stereocenters. The van der Waals surface area contributed by atoms with Gasteiger partial charge in [0.2, 0.25) is 0 Å². The van der Waals surface area contributed by atoms with Crippen molar-refractivity contribution >= 4 is 16.6 Å². The van der Waals surface area contributed by atoms with Gasteiger partial charge in [0, 0.05) is 11.8 Å². The zero-order valence-corrected chi connectivity index (χ0v) is 15.5. The highest BCUT2D eigenvalue weighted by atomic mass is 16.1. The predicted molar refractivity (Wildman–Crippen MR) is 103 cm³/mol. The van der Waals surface area contributed by atoms with Crippen molar-refractivity contribution in [2.45, 2.75) is 58.3 Å². The normalized spacial score (nSPS) is 27.9. The van der Waals surface area contributed by atoms with Crippen molar-refractivity contribution < 1.29 is 4.79 Å². The SMILES string of the molecule is CC(C)(C)c1ccc2cc3c(cc2c1)CC1(CC2=CCC1C2)C(=O)C3. The number of fused-ring (bicyclic) bond motifs is 5. The lowest BCUT2D eigenvalue weighted by molar-refractivity contribution is -0.131. The average Bonchev–Trinajstić information content (AvgIpc) is 3.14. The molecule has 2 bridgehead atoms. The zero-order valence-electron chi connectivity index (χ0n) is 15.5. The summed E-state index contributed by atoms with van der Waals surface area (Å²) in [5.74, 6) is 1.07. The molecule has 128 valence electrons. The van der Waals surface area contributed by atoms with E-state index in [9.17, 15) is 4.79 Å². The fraction of sp³-hybridized carbons (Fsp3) is 0.458. The Bertz CT molecular complexity index is 940. The van der Waals surface area contributed by atoms with Crippen LogP contribution in [0.4, 0.5) is 0 Å². The summed E-state index contributed by atoms with van der Waals surface area (Å²) in [7, 11) is 0. The Morgan fingerprint density at radius 2 is 1.80 bits per heavy atom. The van der Waals surface area contributed by atoms with Crippen LogP contribution < -0.4 is 0 Å². The molecule has 3 aliphatic rings. The van der Waals surface area contributed by atoms with Gasteiger partial charge in [0.15, 0.2) is 0 Å². The fourth-order valence-electron chi connectivity index (χ4n) is 5.42. The van der Waals surface area contributed by atoms with E-state index in [0.717, 1.165) is 19.3 Å². The van der Waals surface area contributed by atoms with E-state index >= 15 is 0 Å². The van der Waals surface area contributed by atoms with Crippen LogP contribution in [0.3, 0.4) is 0 Å². The van der Waals surface area contributed by atoms with Gasteiger partial charge < -0.3 is 0 Å². The molecule has 2 atom stereocenters. The number of carbonyl (C=O) groups is 1. The smallest absolute Gasteiger partial charge is 0.144 e. The van der Waals surface area contributed by atoms with Crippen molar-refractivity contribution in [1.82, 2.24) is 0 Å². The molecular weight excluding hydrogens is 304 g/mol. The van der Waals surface area contributed by atoms with Gasteiger partial charge in [-0.05, 0) is 64.5 Å². The summed E-state index contributed by atoms with van der Waals surface area (Å²) in [4.78, 5) is 13.1. The molecule has 1 spiro atoms. The average molecular weight is 330 g/mol. The quantitative estimate of drug-likeness (QED) is 0.580. The number of allylic oxidation sites excluding steroid dienone is 2. The summed E-state index contributed by atoms with van der Waals surface area (Å²) in [5.41, 5.74) is 5.70. The number of carbonyl (C=O) groups excluding carboxylic acids is 1. The number of ketones is 1. The molecule has 1 nitrogen and oxygen atoms in total. The van der Waals surface area contributed by atoms with E-state index in [2.05, 4.69) is 57.2 Å². The standard InChI is InChI=1S/C24H26O/c1-23(2,3)20-7-5-16-9-18-12-22(25)24(13-15-4-6-21(24)8-15)14-19(18)10-17(16)11-20/h4-5,7,9-11,21H,6,8,12-14H2,1-3H3. The van der Waals surface area contributed by atoms with Crippen LogP contribution in [-0.2, 0) is 23.1 Å². The molecule has 3 aliphatic carbocycles. The van der Waals surface area contributed by atoms with Crippen LogP contribution in [-0.4, -0.2) is 5.78 Å². The zero-order chi connectivity index (χ0) is 17.4. The second kappa shape index (κ2) is 4.84. The third kappa shape index (κ3) is 2.18. The van der Waals surface area contributed by atoms with Crippen molar-refractivity contribution in [3.8, 4) is 0 Å². The number of Topliss-reactive ketones (excluding diaryl/α,β-unsaturated/α-hetero) is 1. The highest BCUT2D eigenvalue weighted by Gasteiger charge is 2.53. The Labute approximate surface area is 150 Å². The Morgan fingerprint density at radius 3 is 2.48 bits per heavy atom. The summed E-state index contributed by atoms with van der Waals surface area (Å²) in [6.07, 6.45) is 7.29. The first-order valence-electron chi connectivity index (χ1n) is 9.62. The molecule has 1 heteroatoms. The molecule has 2 aromatic rings. The summed E-state index contributed by atoms with van der Waals surface area (Å²) in [6.45, 7) is 6.80. The van der Waals surface area contributed by atoms with Gasteiger partial charge in [0.05, 0.1) is 0 Å². The molecule has 0 heterocycles. The first-order valence-corrected chi connectivity index (χ1v) is 9.62. The van der Waals surface area contributed by atoms with Crippen LogP contribution in [0.2, 0.25) is 0 Å². The lowest BCUT2D eigenvalue weighted by atomic mass is 9.63. The highest BCUT2D eigenvalue weighted by Crippen LogP contribution is 2.57. The van der Waals surface area contributed by atoms with Crippen LogP contribution in [0.25, 0.3) is 10.8 Å². The molecule has 0 N–H and O–H groups in total. The Morgan fingerprint density at radius 1 is 1.00 bits per heavy atom. The largest absolute Gasteiger partial charge is 0.299 e. The Balaban J connectivity index is 1.61. The van der Waals surface area contributed by atoms with Gasteiger partial charge in [-0.15, -0.1) is 0 Å². The van der Waals surface area contributed by atoms with Crippen LogP contribution in [0.15, 0.2) is 42.0 Å². The molecule has 0 saturated heterocycles. The molecule has 5 rings (SSSR count). The van der Waals surface area contributed by atoms with Crippen molar-refractivity contribution in [1.29, 1.82) is 0 Å². The third-order valence-corrected chi connectivity index (χ3v) is 6.96. The van der Waals surface area contributed by atoms with E-state index in [-0.39, 0.29) is 10.8 Å². The fourth-order valence-corrected chi connectivity index (χ4v) is 5.42. The molecule has 1 saturated carbocycles. The van der Waals surface area contributed by atoms with Crippen molar-refractivity contribution in [2.75, 3.05) is 0 Å². The van der Waals surface area contributed by atoms with Crippen molar-refractivity contribution in [3.05, 3.63) is 58.7 Å². The lowest BCUT2D eigenvalue weighted by Gasteiger charge is -2.39. The summed E-state index contributed by atoms with van der Waals surface area (Å²) < 4.78 is 0. The Kier molecular flexibility index (Phi) is 2.98. The third-order valence-electron chi connectivity index (χ3n) is 6.96. The molecule has 0 aromatic heterocycles. The van der Waals surface area contributed by atoms with E-state index in [0.29, 0.717) is 18.1 Å². The van der Waals surface area contributed by atoms with E-state index in [1.165, 1.54) is 39.5 Å². The van der Waals surface area contributed by atoms with Crippen molar-refractivity contribution in [3.63, 3.8) is 0 Å². The first kappa shape index (κ1) is 15.4. The van der Waals surface area contributed by atoms with Gasteiger partial charge in [0.25, 0.3) is 0 Å². The van der Waals surface area contributed by atoms with Gasteiger partial charge in [-0.1, -0.05) is 62.8 Å². The number of benzene rings is 2. The van der Waals surface area contributed by atoms with Crippen LogP contribution in [0.5, 0.6) is 0 Å². The van der Waals surface area contributed by atoms with E-state index in [1.54, 1.807) is 0 Å². The summed E-state index contributed by atoms with van der Waals surface area (Å²) in [6, 6.07) is 11.5. The first-order chi connectivity index (χ1) is 11.8. The maximum atomic E-state index is 13.1. The van der Waals surface area contributed by atoms with E-state index in [4.69, 9.17) is 0 Å². The predicted octanol–water partition coefficient (Wildman–Crippen LogP) is 5.53. The van der Waals surface area contributed by atoms with Gasteiger partial charge in [-0.3, -0.25) is 4.79 Å². The van der Waals surface area contributed by atoms with Crippen LogP contribution >= 0.6 is 0 Å².